The maximum absolute atomic E-state index is 11.7. The van der Waals surface area contributed by atoms with Crippen molar-refractivity contribution < 1.29 is 4.79 Å². The summed E-state index contributed by atoms with van der Waals surface area (Å²) in [6.07, 6.45) is 0.701. The molecule has 1 amide bonds. The molecule has 0 atom stereocenters. The fraction of sp³-hybridized carbons (Fsp3) is 0.400. The second-order valence-corrected chi connectivity index (χ2v) is 4.21. The first kappa shape index (κ1) is 13.3. The predicted octanol–water partition coefficient (Wildman–Crippen LogP) is 2.95. The van der Waals surface area contributed by atoms with Crippen LogP contribution >= 0.6 is 0 Å². The molecule has 0 bridgehead atoms. The largest absolute Gasteiger partial charge is 0.351 e. The van der Waals surface area contributed by atoms with Gasteiger partial charge in [0.25, 0.3) is 5.91 Å². The Kier molecular flexibility index (Phi) is 5.29. The molecular weight excluding hydrogens is 210 g/mol. The van der Waals surface area contributed by atoms with Crippen LogP contribution in [0.4, 0.5) is 0 Å². The van der Waals surface area contributed by atoms with Crippen molar-refractivity contribution in [2.24, 2.45) is 0 Å². The molecule has 0 unspecified atom stereocenters. The van der Waals surface area contributed by atoms with Crippen molar-refractivity contribution in [2.75, 3.05) is 6.54 Å². The molecule has 0 aromatic heterocycles. The summed E-state index contributed by atoms with van der Waals surface area (Å²) in [5.74, 6) is 6.18. The molecule has 0 aliphatic heterocycles. The molecule has 0 heterocycles. The van der Waals surface area contributed by atoms with Crippen LogP contribution in [-0.2, 0) is 0 Å². The molecule has 1 rings (SSSR count). The van der Waals surface area contributed by atoms with Crippen LogP contribution in [-0.4, -0.2) is 12.5 Å². The molecule has 0 saturated heterocycles. The highest BCUT2D eigenvalue weighted by molar-refractivity contribution is 5.94. The van der Waals surface area contributed by atoms with Gasteiger partial charge in [-0.25, -0.2) is 0 Å². The number of carbonyl (C=O) groups excluding carboxylic acids is 1. The highest BCUT2D eigenvalue weighted by Gasteiger charge is 2.05. The van der Waals surface area contributed by atoms with Crippen molar-refractivity contribution >= 4 is 5.91 Å². The summed E-state index contributed by atoms with van der Waals surface area (Å²) in [6, 6.07) is 7.75. The van der Waals surface area contributed by atoms with Gasteiger partial charge < -0.3 is 5.32 Å². The van der Waals surface area contributed by atoms with Crippen molar-refractivity contribution in [3.05, 3.63) is 35.4 Å². The molecule has 0 radical (unpaired) electrons. The third-order valence-corrected chi connectivity index (χ3v) is 2.55. The van der Waals surface area contributed by atoms with E-state index in [2.05, 4.69) is 31.0 Å². The molecule has 0 aliphatic rings. The van der Waals surface area contributed by atoms with E-state index in [-0.39, 0.29) is 5.91 Å². The number of carbonyl (C=O) groups is 1. The van der Waals surface area contributed by atoms with E-state index in [9.17, 15) is 4.79 Å². The van der Waals surface area contributed by atoms with Gasteiger partial charge in [-0.05, 0) is 30.5 Å². The molecule has 0 fully saturated rings. The van der Waals surface area contributed by atoms with Crippen LogP contribution in [0.2, 0.25) is 0 Å². The summed E-state index contributed by atoms with van der Waals surface area (Å²) in [7, 11) is 0. The third-order valence-electron chi connectivity index (χ3n) is 2.55. The average Bonchev–Trinajstić information content (AvgIpc) is 2.34. The first-order valence-corrected chi connectivity index (χ1v) is 5.93. The van der Waals surface area contributed by atoms with Crippen molar-refractivity contribution in [2.45, 2.75) is 33.1 Å². The Hall–Kier alpha value is -1.75. The number of benzene rings is 1. The van der Waals surface area contributed by atoms with Gasteiger partial charge in [-0.3, -0.25) is 4.79 Å². The number of hydrogen-bond donors (Lipinski definition) is 1. The number of nitrogens with one attached hydrogen (secondary N) is 1. The monoisotopic (exact) mass is 229 g/mol. The summed E-state index contributed by atoms with van der Waals surface area (Å²) < 4.78 is 0. The Labute approximate surface area is 103 Å². The first-order chi connectivity index (χ1) is 8.15. The van der Waals surface area contributed by atoms with E-state index < -0.39 is 0 Å². The molecule has 90 valence electrons. The maximum atomic E-state index is 11.7. The fourth-order valence-corrected chi connectivity index (χ4v) is 1.48. The van der Waals surface area contributed by atoms with Crippen molar-refractivity contribution in [3.8, 4) is 11.8 Å². The lowest BCUT2D eigenvalue weighted by Crippen LogP contribution is -2.24. The lowest BCUT2D eigenvalue weighted by atomic mass is 10.0. The first-order valence-electron chi connectivity index (χ1n) is 5.93. The van der Waals surface area contributed by atoms with Crippen molar-refractivity contribution in [1.29, 1.82) is 0 Å². The molecule has 0 aliphatic carbocycles. The van der Waals surface area contributed by atoms with Gasteiger partial charge in [0.2, 0.25) is 0 Å². The zero-order valence-corrected chi connectivity index (χ0v) is 10.7. The minimum Gasteiger partial charge on any atom is -0.351 e. The number of rotatable bonds is 4. The van der Waals surface area contributed by atoms with E-state index in [0.717, 1.165) is 0 Å². The average molecular weight is 229 g/mol. The predicted molar refractivity (Wildman–Crippen MR) is 70.9 cm³/mol. The number of hydrogen-bond acceptors (Lipinski definition) is 1. The molecule has 0 spiro atoms. The van der Waals surface area contributed by atoms with Gasteiger partial charge in [0.05, 0.1) is 0 Å². The quantitative estimate of drug-likeness (QED) is 0.624. The Balaban J connectivity index is 2.53. The summed E-state index contributed by atoms with van der Waals surface area (Å²) in [5, 5.41) is 2.84. The molecule has 2 heteroatoms. The van der Waals surface area contributed by atoms with Crippen LogP contribution < -0.4 is 5.32 Å². The fourth-order valence-electron chi connectivity index (χ4n) is 1.48. The van der Waals surface area contributed by atoms with Gasteiger partial charge in [0.1, 0.15) is 0 Å². The van der Waals surface area contributed by atoms with E-state index in [4.69, 9.17) is 0 Å². The SMILES string of the molecule is CC#CCCNC(=O)c1ccc(C(C)C)cc1. The van der Waals surface area contributed by atoms with Crippen LogP contribution in [0, 0.1) is 11.8 Å². The van der Waals surface area contributed by atoms with Crippen LogP contribution in [0.5, 0.6) is 0 Å². The van der Waals surface area contributed by atoms with Gasteiger partial charge in [-0.15, -0.1) is 11.8 Å². The van der Waals surface area contributed by atoms with Gasteiger partial charge >= 0.3 is 0 Å². The normalized spacial score (nSPS) is 9.65. The second-order valence-electron chi connectivity index (χ2n) is 4.21. The summed E-state index contributed by atoms with van der Waals surface area (Å²) in [6.45, 7) is 6.68. The summed E-state index contributed by atoms with van der Waals surface area (Å²) in [5.41, 5.74) is 1.96. The Morgan fingerprint density at radius 3 is 2.47 bits per heavy atom. The van der Waals surface area contributed by atoms with Gasteiger partial charge in [-0.2, -0.15) is 0 Å². The van der Waals surface area contributed by atoms with Crippen LogP contribution in [0.15, 0.2) is 24.3 Å². The summed E-state index contributed by atoms with van der Waals surface area (Å²) in [4.78, 5) is 11.7. The highest BCUT2D eigenvalue weighted by atomic mass is 16.1. The molecule has 2 nitrogen and oxygen atoms in total. The maximum Gasteiger partial charge on any atom is 0.251 e. The Morgan fingerprint density at radius 1 is 1.29 bits per heavy atom. The lowest BCUT2D eigenvalue weighted by Gasteiger charge is -2.07. The minimum atomic E-state index is -0.0294. The van der Waals surface area contributed by atoms with E-state index in [1.165, 1.54) is 5.56 Å². The summed E-state index contributed by atoms with van der Waals surface area (Å²) >= 11 is 0. The van der Waals surface area contributed by atoms with Crippen molar-refractivity contribution in [3.63, 3.8) is 0 Å². The van der Waals surface area contributed by atoms with E-state index in [1.54, 1.807) is 6.92 Å². The smallest absolute Gasteiger partial charge is 0.251 e. The molecule has 1 aromatic carbocycles. The second kappa shape index (κ2) is 6.75. The third kappa shape index (κ3) is 4.32. The highest BCUT2D eigenvalue weighted by Crippen LogP contribution is 2.14. The van der Waals surface area contributed by atoms with Gasteiger partial charge in [0.15, 0.2) is 0 Å². The topological polar surface area (TPSA) is 29.1 Å². The minimum absolute atomic E-state index is 0.0294. The van der Waals surface area contributed by atoms with Crippen LogP contribution in [0.1, 0.15) is 49.0 Å². The molecule has 17 heavy (non-hydrogen) atoms. The molecular formula is C15H19NO. The lowest BCUT2D eigenvalue weighted by molar-refractivity contribution is 0.0954. The van der Waals surface area contributed by atoms with Crippen LogP contribution in [0.25, 0.3) is 0 Å². The van der Waals surface area contributed by atoms with E-state index in [1.807, 2.05) is 24.3 Å². The van der Waals surface area contributed by atoms with Crippen LogP contribution in [0.3, 0.4) is 0 Å². The molecule has 0 saturated carbocycles. The van der Waals surface area contributed by atoms with E-state index >= 15 is 0 Å². The zero-order valence-electron chi connectivity index (χ0n) is 10.7. The Bertz CT molecular complexity index is 420. The van der Waals surface area contributed by atoms with Gasteiger partial charge in [-0.1, -0.05) is 26.0 Å². The standard InChI is InChI=1S/C15H19NO/c1-4-5-6-11-16-15(17)14-9-7-13(8-10-14)12(2)3/h7-10,12H,6,11H2,1-3H3,(H,16,17). The van der Waals surface area contributed by atoms with Gasteiger partial charge in [0, 0.05) is 18.5 Å². The zero-order chi connectivity index (χ0) is 12.7. The molecule has 1 N–H and O–H groups in total. The Morgan fingerprint density at radius 2 is 1.94 bits per heavy atom. The van der Waals surface area contributed by atoms with E-state index in [0.29, 0.717) is 24.4 Å². The molecule has 1 aromatic rings. The van der Waals surface area contributed by atoms with Crippen molar-refractivity contribution in [1.82, 2.24) is 5.32 Å². The number of amides is 1.